The largest absolute Gasteiger partial charge is 0.288 e. The van der Waals surface area contributed by atoms with Gasteiger partial charge in [0.05, 0.1) is 11.4 Å². The van der Waals surface area contributed by atoms with Gasteiger partial charge in [0, 0.05) is 10.0 Å². The normalized spacial score (nSPS) is 16.3. The molecule has 6 heteroatoms. The molecule has 0 radical (unpaired) electrons. The highest BCUT2D eigenvalue weighted by Gasteiger charge is 2.32. The molecule has 24 heavy (non-hydrogen) atoms. The molecular formula is C18H13Cl2NOS2. The molecule has 2 aromatic rings. The second-order valence-electron chi connectivity index (χ2n) is 5.42. The Balaban J connectivity index is 1.83. The predicted octanol–water partition coefficient (Wildman–Crippen LogP) is 5.70. The number of hydrogen-bond acceptors (Lipinski definition) is 3. The van der Waals surface area contributed by atoms with Crippen LogP contribution in [0.15, 0.2) is 47.4 Å². The molecule has 122 valence electrons. The molecule has 0 spiro atoms. The van der Waals surface area contributed by atoms with E-state index in [4.69, 9.17) is 35.4 Å². The predicted molar refractivity (Wildman–Crippen MR) is 106 cm³/mol. The molecule has 1 aliphatic rings. The maximum Gasteiger partial charge on any atom is 0.266 e. The van der Waals surface area contributed by atoms with Crippen molar-refractivity contribution in [2.24, 2.45) is 0 Å². The highest BCUT2D eigenvalue weighted by atomic mass is 35.5. The van der Waals surface area contributed by atoms with Gasteiger partial charge >= 0.3 is 0 Å². The lowest BCUT2D eigenvalue weighted by molar-refractivity contribution is -0.122. The maximum absolute atomic E-state index is 12.6. The van der Waals surface area contributed by atoms with Crippen LogP contribution in [0.25, 0.3) is 6.08 Å². The topological polar surface area (TPSA) is 20.3 Å². The number of rotatable bonds is 3. The number of amides is 1. The van der Waals surface area contributed by atoms with Crippen molar-refractivity contribution in [2.75, 3.05) is 0 Å². The first-order valence-corrected chi connectivity index (χ1v) is 9.18. The molecule has 1 heterocycles. The van der Waals surface area contributed by atoms with Crippen molar-refractivity contribution in [3.05, 3.63) is 74.1 Å². The Labute approximate surface area is 160 Å². The van der Waals surface area contributed by atoms with E-state index in [9.17, 15) is 4.79 Å². The number of benzene rings is 2. The van der Waals surface area contributed by atoms with E-state index < -0.39 is 0 Å². The van der Waals surface area contributed by atoms with Gasteiger partial charge in [-0.15, -0.1) is 0 Å². The van der Waals surface area contributed by atoms with Gasteiger partial charge in [0.25, 0.3) is 5.91 Å². The number of hydrogen-bond donors (Lipinski definition) is 0. The Morgan fingerprint density at radius 2 is 1.88 bits per heavy atom. The number of carbonyl (C=O) groups is 1. The maximum atomic E-state index is 12.6. The Bertz CT molecular complexity index is 847. The third kappa shape index (κ3) is 3.83. The Hall–Kier alpha value is -1.33. The molecular weight excluding hydrogens is 381 g/mol. The van der Waals surface area contributed by atoms with Gasteiger partial charge in [-0.2, -0.15) is 0 Å². The summed E-state index contributed by atoms with van der Waals surface area (Å²) < 4.78 is 0.553. The fourth-order valence-corrected chi connectivity index (χ4v) is 3.98. The molecule has 0 bridgehead atoms. The van der Waals surface area contributed by atoms with Crippen LogP contribution in [0.1, 0.15) is 16.7 Å². The molecule has 0 aromatic heterocycles. The third-order valence-corrected chi connectivity index (χ3v) is 5.52. The Kier molecular flexibility index (Phi) is 5.30. The van der Waals surface area contributed by atoms with Gasteiger partial charge in [0.1, 0.15) is 4.32 Å². The lowest BCUT2D eigenvalue weighted by atomic mass is 10.1. The summed E-state index contributed by atoms with van der Waals surface area (Å²) in [4.78, 5) is 14.8. The summed E-state index contributed by atoms with van der Waals surface area (Å²) in [6.07, 6.45) is 1.76. The summed E-state index contributed by atoms with van der Waals surface area (Å²) in [6.45, 7) is 2.50. The molecule has 0 unspecified atom stereocenters. The first-order chi connectivity index (χ1) is 11.4. The average molecular weight is 394 g/mol. The SMILES string of the molecule is Cc1ccc(CN2C(=O)/C(=C/c3ccc(Cl)cc3Cl)SC2=S)cc1. The van der Waals surface area contributed by atoms with E-state index in [2.05, 4.69) is 0 Å². The summed E-state index contributed by atoms with van der Waals surface area (Å²) in [5.41, 5.74) is 2.97. The van der Waals surface area contributed by atoms with Gasteiger partial charge in [-0.3, -0.25) is 9.69 Å². The lowest BCUT2D eigenvalue weighted by Gasteiger charge is -2.14. The average Bonchev–Trinajstić information content (AvgIpc) is 2.80. The van der Waals surface area contributed by atoms with Crippen LogP contribution in [-0.4, -0.2) is 15.1 Å². The van der Waals surface area contributed by atoms with Gasteiger partial charge in [-0.25, -0.2) is 0 Å². The summed E-state index contributed by atoms with van der Waals surface area (Å²) in [5.74, 6) is -0.100. The van der Waals surface area contributed by atoms with Crippen molar-refractivity contribution < 1.29 is 4.79 Å². The van der Waals surface area contributed by atoms with Crippen molar-refractivity contribution in [3.8, 4) is 0 Å². The molecule has 0 aliphatic carbocycles. The van der Waals surface area contributed by atoms with Gasteiger partial charge < -0.3 is 0 Å². The fourth-order valence-electron chi connectivity index (χ4n) is 2.27. The van der Waals surface area contributed by atoms with E-state index in [1.54, 1.807) is 29.2 Å². The van der Waals surface area contributed by atoms with E-state index in [0.29, 0.717) is 25.8 Å². The molecule has 0 saturated carbocycles. The summed E-state index contributed by atoms with van der Waals surface area (Å²) in [5, 5.41) is 1.07. The summed E-state index contributed by atoms with van der Waals surface area (Å²) in [7, 11) is 0. The second kappa shape index (κ2) is 7.28. The van der Waals surface area contributed by atoms with Crippen molar-refractivity contribution in [1.29, 1.82) is 0 Å². The Morgan fingerprint density at radius 3 is 2.54 bits per heavy atom. The van der Waals surface area contributed by atoms with Crippen molar-refractivity contribution in [1.82, 2.24) is 4.90 Å². The zero-order valence-electron chi connectivity index (χ0n) is 12.8. The number of nitrogens with zero attached hydrogens (tertiary/aromatic N) is 1. The molecule has 2 nitrogen and oxygen atoms in total. The molecule has 0 atom stereocenters. The smallest absolute Gasteiger partial charge is 0.266 e. The van der Waals surface area contributed by atoms with E-state index in [1.807, 2.05) is 31.2 Å². The minimum atomic E-state index is -0.100. The number of thioether (sulfide) groups is 1. The summed E-state index contributed by atoms with van der Waals surface area (Å²) >= 11 is 18.7. The first-order valence-electron chi connectivity index (χ1n) is 7.20. The van der Waals surface area contributed by atoms with Gasteiger partial charge in [0.15, 0.2) is 0 Å². The molecule has 0 N–H and O–H groups in total. The zero-order chi connectivity index (χ0) is 17.3. The van der Waals surface area contributed by atoms with Gasteiger partial charge in [-0.1, -0.05) is 83.1 Å². The van der Waals surface area contributed by atoms with Gasteiger partial charge in [-0.05, 0) is 36.3 Å². The lowest BCUT2D eigenvalue weighted by Crippen LogP contribution is -2.27. The van der Waals surface area contributed by atoms with Crippen LogP contribution in [0.2, 0.25) is 10.0 Å². The number of halogens is 2. The fraction of sp³-hybridized carbons (Fsp3) is 0.111. The first kappa shape index (κ1) is 17.5. The van der Waals surface area contributed by atoms with Crippen molar-refractivity contribution in [2.45, 2.75) is 13.5 Å². The minimum absolute atomic E-state index is 0.100. The van der Waals surface area contributed by atoms with E-state index in [-0.39, 0.29) is 5.91 Å². The van der Waals surface area contributed by atoms with Crippen LogP contribution in [0.5, 0.6) is 0 Å². The van der Waals surface area contributed by atoms with Gasteiger partial charge in [0.2, 0.25) is 0 Å². The van der Waals surface area contributed by atoms with Crippen molar-refractivity contribution in [3.63, 3.8) is 0 Å². The monoisotopic (exact) mass is 393 g/mol. The van der Waals surface area contributed by atoms with Crippen molar-refractivity contribution >= 4 is 63.5 Å². The van der Waals surface area contributed by atoms with Crippen LogP contribution in [0.3, 0.4) is 0 Å². The van der Waals surface area contributed by atoms with Crippen LogP contribution in [-0.2, 0) is 11.3 Å². The quantitative estimate of drug-likeness (QED) is 0.492. The highest BCUT2D eigenvalue weighted by Crippen LogP contribution is 2.35. The van der Waals surface area contributed by atoms with E-state index >= 15 is 0 Å². The zero-order valence-corrected chi connectivity index (χ0v) is 15.9. The van der Waals surface area contributed by atoms with E-state index in [1.165, 1.54) is 17.3 Å². The summed E-state index contributed by atoms with van der Waals surface area (Å²) in [6, 6.07) is 13.2. The van der Waals surface area contributed by atoms with Crippen LogP contribution < -0.4 is 0 Å². The molecule has 1 amide bonds. The minimum Gasteiger partial charge on any atom is -0.288 e. The second-order valence-corrected chi connectivity index (χ2v) is 7.94. The molecule has 1 saturated heterocycles. The van der Waals surface area contributed by atoms with Crippen LogP contribution in [0.4, 0.5) is 0 Å². The molecule has 2 aromatic carbocycles. The number of thiocarbonyl (C=S) groups is 1. The number of aryl methyl sites for hydroxylation is 1. The highest BCUT2D eigenvalue weighted by molar-refractivity contribution is 8.26. The third-order valence-electron chi connectivity index (χ3n) is 3.58. The molecule has 1 aliphatic heterocycles. The van der Waals surface area contributed by atoms with E-state index in [0.717, 1.165) is 11.1 Å². The van der Waals surface area contributed by atoms with Crippen LogP contribution in [0, 0.1) is 6.92 Å². The number of carbonyl (C=O) groups excluding carboxylic acids is 1. The van der Waals surface area contributed by atoms with Crippen LogP contribution >= 0.6 is 47.2 Å². The Morgan fingerprint density at radius 1 is 1.17 bits per heavy atom. The molecule has 3 rings (SSSR count). The standard InChI is InChI=1S/C18H13Cl2NOS2/c1-11-2-4-12(5-3-11)10-21-17(22)16(24-18(21)23)8-13-6-7-14(19)9-15(13)20/h2-9H,10H2,1H3/b16-8-. The molecule has 1 fully saturated rings.